The summed E-state index contributed by atoms with van der Waals surface area (Å²) in [6.45, 7) is 6.12. The Morgan fingerprint density at radius 3 is 2.74 bits per heavy atom. The molecule has 1 aromatic carbocycles. The summed E-state index contributed by atoms with van der Waals surface area (Å²) in [6.07, 6.45) is 2.85. The van der Waals surface area contributed by atoms with Gasteiger partial charge in [0.1, 0.15) is 5.82 Å². The van der Waals surface area contributed by atoms with E-state index < -0.39 is 0 Å². The van der Waals surface area contributed by atoms with Crippen molar-refractivity contribution in [2.45, 2.75) is 18.9 Å². The number of hydrogen-bond donors (Lipinski definition) is 0. The minimum Gasteiger partial charge on any atom is -0.377 e. The minimum absolute atomic E-state index is 0.432. The van der Waals surface area contributed by atoms with Gasteiger partial charge in [0.05, 0.1) is 11.6 Å². The Balaban J connectivity index is 1.39. The van der Waals surface area contributed by atoms with Gasteiger partial charge in [-0.05, 0) is 36.4 Å². The molecule has 5 nitrogen and oxygen atoms in total. The molecular weight excluding hydrogens is 356 g/mol. The Bertz CT molecular complexity index is 900. The molecule has 0 unspecified atom stereocenters. The van der Waals surface area contributed by atoms with Crippen LogP contribution in [0.15, 0.2) is 41.1 Å². The van der Waals surface area contributed by atoms with Crippen LogP contribution in [0.2, 0.25) is 0 Å². The highest BCUT2D eigenvalue weighted by atomic mass is 32.1. The van der Waals surface area contributed by atoms with Crippen LogP contribution in [0.3, 0.4) is 0 Å². The van der Waals surface area contributed by atoms with E-state index >= 15 is 0 Å². The molecule has 0 saturated carbocycles. The van der Waals surface area contributed by atoms with Gasteiger partial charge in [-0.2, -0.15) is 11.3 Å². The van der Waals surface area contributed by atoms with Gasteiger partial charge in [-0.15, -0.1) is 0 Å². The fourth-order valence-electron chi connectivity index (χ4n) is 4.04. The maximum Gasteiger partial charge on any atom is 0.162 e. The molecule has 2 aliphatic rings. The van der Waals surface area contributed by atoms with Gasteiger partial charge in [0.25, 0.3) is 0 Å². The van der Waals surface area contributed by atoms with Crippen LogP contribution < -0.4 is 4.90 Å². The Kier molecular flexibility index (Phi) is 4.78. The van der Waals surface area contributed by atoms with Gasteiger partial charge in [-0.1, -0.05) is 12.1 Å². The van der Waals surface area contributed by atoms with Gasteiger partial charge < -0.3 is 9.64 Å². The lowest BCUT2D eigenvalue weighted by Gasteiger charge is -2.36. The molecule has 2 aromatic heterocycles. The van der Waals surface area contributed by atoms with Crippen molar-refractivity contribution in [1.82, 2.24) is 14.9 Å². The third kappa shape index (κ3) is 3.57. The van der Waals surface area contributed by atoms with Crippen molar-refractivity contribution in [3.63, 3.8) is 0 Å². The van der Waals surface area contributed by atoms with Crippen molar-refractivity contribution in [2.75, 3.05) is 44.2 Å². The second-order valence-corrected chi connectivity index (χ2v) is 8.10. The molecule has 5 rings (SSSR count). The summed E-state index contributed by atoms with van der Waals surface area (Å²) in [5.41, 5.74) is 2.12. The first-order valence-corrected chi connectivity index (χ1v) is 10.7. The summed E-state index contributed by atoms with van der Waals surface area (Å²) < 4.78 is 5.81. The molecule has 0 radical (unpaired) electrons. The number of anilines is 1. The van der Waals surface area contributed by atoms with E-state index in [9.17, 15) is 0 Å². The molecule has 27 heavy (non-hydrogen) atoms. The minimum atomic E-state index is 0.432. The van der Waals surface area contributed by atoms with Crippen LogP contribution in [-0.4, -0.2) is 60.3 Å². The molecule has 0 bridgehead atoms. The van der Waals surface area contributed by atoms with Crippen LogP contribution in [0.4, 0.5) is 5.82 Å². The Morgan fingerprint density at radius 2 is 1.96 bits per heavy atom. The maximum atomic E-state index is 5.81. The number of rotatable bonds is 4. The zero-order chi connectivity index (χ0) is 18.1. The smallest absolute Gasteiger partial charge is 0.162 e. The molecule has 3 aromatic rings. The summed E-state index contributed by atoms with van der Waals surface area (Å²) in [6, 6.07) is 10.5. The first-order valence-electron chi connectivity index (χ1n) is 9.75. The van der Waals surface area contributed by atoms with Crippen LogP contribution >= 0.6 is 11.3 Å². The van der Waals surface area contributed by atoms with Crippen LogP contribution in [0.25, 0.3) is 22.3 Å². The predicted octanol–water partition coefficient (Wildman–Crippen LogP) is 3.66. The maximum absolute atomic E-state index is 5.81. The molecule has 2 saturated heterocycles. The van der Waals surface area contributed by atoms with E-state index in [1.165, 1.54) is 12.8 Å². The lowest BCUT2D eigenvalue weighted by molar-refractivity contribution is 0.0712. The number of ether oxygens (including phenoxy) is 1. The van der Waals surface area contributed by atoms with Crippen molar-refractivity contribution >= 4 is 28.1 Å². The van der Waals surface area contributed by atoms with Gasteiger partial charge in [-0.25, -0.2) is 9.97 Å². The molecule has 2 aliphatic heterocycles. The molecule has 6 heteroatoms. The molecule has 0 aliphatic carbocycles. The average Bonchev–Trinajstić information content (AvgIpc) is 3.42. The Hall–Kier alpha value is -2.02. The lowest BCUT2D eigenvalue weighted by Crippen LogP contribution is -2.48. The zero-order valence-electron chi connectivity index (χ0n) is 15.4. The van der Waals surface area contributed by atoms with Crippen LogP contribution in [0.1, 0.15) is 12.8 Å². The van der Waals surface area contributed by atoms with Gasteiger partial charge in [-0.3, -0.25) is 4.90 Å². The predicted molar refractivity (Wildman–Crippen MR) is 110 cm³/mol. The molecule has 140 valence electrons. The van der Waals surface area contributed by atoms with E-state index in [0.29, 0.717) is 6.10 Å². The molecule has 0 spiro atoms. The van der Waals surface area contributed by atoms with Gasteiger partial charge >= 0.3 is 0 Å². The fraction of sp³-hybridized carbons (Fsp3) is 0.429. The molecular formula is C21H24N4OS. The van der Waals surface area contributed by atoms with Gasteiger partial charge in [0, 0.05) is 55.7 Å². The van der Waals surface area contributed by atoms with Crippen LogP contribution in [-0.2, 0) is 4.74 Å². The second-order valence-electron chi connectivity index (χ2n) is 7.32. The van der Waals surface area contributed by atoms with Crippen LogP contribution in [0, 0.1) is 0 Å². The molecule has 0 N–H and O–H groups in total. The quantitative estimate of drug-likeness (QED) is 0.691. The molecule has 4 heterocycles. The van der Waals surface area contributed by atoms with Crippen molar-refractivity contribution in [3.8, 4) is 11.4 Å². The standard InChI is InChI=1S/C21H24N4OS/c1-2-6-19-18(5-1)21(23-20(22-19)16-7-13-27-15-16)25-10-8-24(9-11-25)14-17-4-3-12-26-17/h1-2,5-7,13,15,17H,3-4,8-12,14H2/t17-/m0/s1. The number of piperazine rings is 1. The van der Waals surface area contributed by atoms with Gasteiger partial charge in [0.2, 0.25) is 0 Å². The number of aromatic nitrogens is 2. The van der Waals surface area contributed by atoms with Gasteiger partial charge in [0.15, 0.2) is 5.82 Å². The van der Waals surface area contributed by atoms with E-state index in [0.717, 1.165) is 67.4 Å². The number of benzene rings is 1. The number of fused-ring (bicyclic) bond motifs is 1. The monoisotopic (exact) mass is 380 g/mol. The lowest BCUT2D eigenvalue weighted by atomic mass is 10.2. The molecule has 2 fully saturated rings. The topological polar surface area (TPSA) is 41.5 Å². The Labute approximate surface area is 163 Å². The summed E-state index contributed by atoms with van der Waals surface area (Å²) in [4.78, 5) is 14.7. The molecule has 1 atom stereocenters. The van der Waals surface area contributed by atoms with Crippen LogP contribution in [0.5, 0.6) is 0 Å². The fourth-order valence-corrected chi connectivity index (χ4v) is 4.67. The zero-order valence-corrected chi connectivity index (χ0v) is 16.2. The first-order chi connectivity index (χ1) is 13.4. The van der Waals surface area contributed by atoms with Crippen molar-refractivity contribution in [2.24, 2.45) is 0 Å². The van der Waals surface area contributed by atoms with E-state index in [1.807, 2.05) is 0 Å². The van der Waals surface area contributed by atoms with E-state index in [1.54, 1.807) is 11.3 Å². The van der Waals surface area contributed by atoms with Crippen molar-refractivity contribution < 1.29 is 4.74 Å². The number of thiophene rings is 1. The Morgan fingerprint density at radius 1 is 1.07 bits per heavy atom. The third-order valence-corrected chi connectivity index (χ3v) is 6.20. The van der Waals surface area contributed by atoms with E-state index in [4.69, 9.17) is 14.7 Å². The molecule has 0 amide bonds. The third-order valence-electron chi connectivity index (χ3n) is 5.52. The van der Waals surface area contributed by atoms with E-state index in [-0.39, 0.29) is 0 Å². The summed E-state index contributed by atoms with van der Waals surface area (Å²) >= 11 is 1.68. The highest BCUT2D eigenvalue weighted by Gasteiger charge is 2.24. The summed E-state index contributed by atoms with van der Waals surface area (Å²) in [7, 11) is 0. The largest absolute Gasteiger partial charge is 0.377 e. The van der Waals surface area contributed by atoms with Crippen molar-refractivity contribution in [3.05, 3.63) is 41.1 Å². The normalized spacial score (nSPS) is 21.2. The summed E-state index contributed by atoms with van der Waals surface area (Å²) in [5, 5.41) is 5.34. The first kappa shape index (κ1) is 17.1. The highest BCUT2D eigenvalue weighted by Crippen LogP contribution is 2.29. The van der Waals surface area contributed by atoms with Crippen molar-refractivity contribution in [1.29, 1.82) is 0 Å². The summed E-state index contributed by atoms with van der Waals surface area (Å²) in [5.74, 6) is 1.89. The number of para-hydroxylation sites is 1. The van der Waals surface area contributed by atoms with E-state index in [2.05, 4.69) is 50.9 Å². The second kappa shape index (κ2) is 7.54. The number of nitrogens with zero attached hydrogens (tertiary/aromatic N) is 4. The number of hydrogen-bond acceptors (Lipinski definition) is 6. The average molecular weight is 381 g/mol. The SMILES string of the molecule is c1ccc2c(N3CCN(C[C@@H]4CCCO4)CC3)nc(-c3ccsc3)nc2c1. The highest BCUT2D eigenvalue weighted by molar-refractivity contribution is 7.08.